The summed E-state index contributed by atoms with van der Waals surface area (Å²) in [7, 11) is 0. The molecule has 0 spiro atoms. The van der Waals surface area contributed by atoms with Gasteiger partial charge in [-0.1, -0.05) is 23.7 Å². The first-order valence-corrected chi connectivity index (χ1v) is 5.49. The first kappa shape index (κ1) is 9.49. The highest BCUT2D eigenvalue weighted by atomic mass is 35.5. The third-order valence-corrected chi connectivity index (χ3v) is 2.83. The molecule has 4 heteroatoms. The molecule has 2 aromatic heterocycles. The highest BCUT2D eigenvalue weighted by molar-refractivity contribution is 7.09. The molecule has 0 fully saturated rings. The van der Waals surface area contributed by atoms with Crippen LogP contribution in [-0.2, 0) is 6.54 Å². The summed E-state index contributed by atoms with van der Waals surface area (Å²) in [4.78, 5) is 5.42. The minimum absolute atomic E-state index is 0.515. The predicted molar refractivity (Wildman–Crippen MR) is 60.9 cm³/mol. The number of nitrogens with one attached hydrogen (secondary N) is 1. The van der Waals surface area contributed by atoms with Gasteiger partial charge in [-0.15, -0.1) is 11.3 Å². The van der Waals surface area contributed by atoms with Gasteiger partial charge in [0.15, 0.2) is 0 Å². The minimum Gasteiger partial charge on any atom is -0.365 e. The van der Waals surface area contributed by atoms with Crippen molar-refractivity contribution in [3.63, 3.8) is 0 Å². The van der Waals surface area contributed by atoms with E-state index in [2.05, 4.69) is 21.7 Å². The lowest BCUT2D eigenvalue weighted by Gasteiger charge is -2.03. The molecule has 2 heterocycles. The first-order valence-electron chi connectivity index (χ1n) is 4.23. The van der Waals surface area contributed by atoms with Gasteiger partial charge in [0.2, 0.25) is 0 Å². The fourth-order valence-electron chi connectivity index (χ4n) is 1.10. The van der Waals surface area contributed by atoms with Gasteiger partial charge in [-0.25, -0.2) is 4.98 Å². The number of pyridine rings is 1. The zero-order valence-electron chi connectivity index (χ0n) is 7.40. The summed E-state index contributed by atoms with van der Waals surface area (Å²) in [5, 5.41) is 5.78. The van der Waals surface area contributed by atoms with Crippen LogP contribution in [0, 0.1) is 0 Å². The van der Waals surface area contributed by atoms with E-state index in [1.54, 1.807) is 17.4 Å². The average Bonchev–Trinajstić information content (AvgIpc) is 2.67. The second-order valence-electron chi connectivity index (χ2n) is 2.78. The molecule has 0 amide bonds. The number of halogens is 1. The van der Waals surface area contributed by atoms with E-state index in [9.17, 15) is 0 Å². The minimum atomic E-state index is 0.515. The van der Waals surface area contributed by atoms with Crippen molar-refractivity contribution in [1.82, 2.24) is 4.98 Å². The summed E-state index contributed by atoms with van der Waals surface area (Å²) in [6, 6.07) is 9.67. The molecule has 0 saturated carbocycles. The summed E-state index contributed by atoms with van der Waals surface area (Å²) in [6.07, 6.45) is 0. The molecule has 0 saturated heterocycles. The Kier molecular flexibility index (Phi) is 3.01. The Bertz CT molecular complexity index is 400. The molecule has 0 aliphatic heterocycles. The standard InChI is InChI=1S/C10H9ClN2S/c11-9-4-1-5-10(13-9)12-7-8-3-2-6-14-8/h1-6H,7H2,(H,12,13). The Morgan fingerprint density at radius 2 is 2.21 bits per heavy atom. The normalized spacial score (nSPS) is 10.1. The van der Waals surface area contributed by atoms with Crippen molar-refractivity contribution < 1.29 is 0 Å². The molecule has 14 heavy (non-hydrogen) atoms. The maximum Gasteiger partial charge on any atom is 0.131 e. The van der Waals surface area contributed by atoms with Crippen molar-refractivity contribution in [2.75, 3.05) is 5.32 Å². The molecule has 2 nitrogen and oxygen atoms in total. The maximum atomic E-state index is 5.76. The largest absolute Gasteiger partial charge is 0.365 e. The molecule has 2 rings (SSSR count). The quantitative estimate of drug-likeness (QED) is 0.809. The van der Waals surface area contributed by atoms with Gasteiger partial charge in [0.05, 0.1) is 6.54 Å². The van der Waals surface area contributed by atoms with Crippen LogP contribution in [0.3, 0.4) is 0 Å². The Hall–Kier alpha value is -1.06. The van der Waals surface area contributed by atoms with Crippen molar-refractivity contribution in [3.05, 3.63) is 45.7 Å². The summed E-state index contributed by atoms with van der Waals surface area (Å²) >= 11 is 7.48. The van der Waals surface area contributed by atoms with Crippen LogP contribution in [-0.4, -0.2) is 4.98 Å². The van der Waals surface area contributed by atoms with Crippen LogP contribution in [0.25, 0.3) is 0 Å². The molecule has 1 N–H and O–H groups in total. The van der Waals surface area contributed by atoms with Crippen LogP contribution in [0.15, 0.2) is 35.7 Å². The number of hydrogen-bond acceptors (Lipinski definition) is 3. The van der Waals surface area contributed by atoms with Crippen molar-refractivity contribution in [1.29, 1.82) is 0 Å². The van der Waals surface area contributed by atoms with Crippen LogP contribution >= 0.6 is 22.9 Å². The van der Waals surface area contributed by atoms with Gasteiger partial charge in [-0.3, -0.25) is 0 Å². The fourth-order valence-corrected chi connectivity index (χ4v) is 1.91. The summed E-state index contributed by atoms with van der Waals surface area (Å²) < 4.78 is 0. The van der Waals surface area contributed by atoms with E-state index in [0.717, 1.165) is 12.4 Å². The van der Waals surface area contributed by atoms with Crippen LogP contribution in [0.4, 0.5) is 5.82 Å². The zero-order chi connectivity index (χ0) is 9.80. The number of anilines is 1. The summed E-state index contributed by atoms with van der Waals surface area (Å²) in [6.45, 7) is 0.797. The topological polar surface area (TPSA) is 24.9 Å². The molecule has 72 valence electrons. The van der Waals surface area contributed by atoms with Gasteiger partial charge in [-0.05, 0) is 23.6 Å². The first-order chi connectivity index (χ1) is 6.84. The number of hydrogen-bond donors (Lipinski definition) is 1. The molecular formula is C10H9ClN2S. The van der Waals surface area contributed by atoms with Crippen LogP contribution < -0.4 is 5.32 Å². The molecule has 0 unspecified atom stereocenters. The van der Waals surface area contributed by atoms with Crippen LogP contribution in [0.1, 0.15) is 4.88 Å². The number of nitrogens with zero attached hydrogens (tertiary/aromatic N) is 1. The molecule has 0 bridgehead atoms. The van der Waals surface area contributed by atoms with E-state index in [0.29, 0.717) is 5.15 Å². The average molecular weight is 225 g/mol. The molecule has 0 aromatic carbocycles. The van der Waals surface area contributed by atoms with E-state index >= 15 is 0 Å². The third-order valence-electron chi connectivity index (χ3n) is 1.74. The lowest BCUT2D eigenvalue weighted by Crippen LogP contribution is -1.99. The molecular weight excluding hydrogens is 216 g/mol. The van der Waals surface area contributed by atoms with E-state index in [1.807, 2.05) is 18.2 Å². The Morgan fingerprint density at radius 1 is 1.29 bits per heavy atom. The molecule has 0 aliphatic carbocycles. The zero-order valence-corrected chi connectivity index (χ0v) is 8.98. The molecule has 0 radical (unpaired) electrons. The Labute approximate surface area is 91.6 Å². The third kappa shape index (κ3) is 2.47. The lowest BCUT2D eigenvalue weighted by molar-refractivity contribution is 1.14. The second-order valence-corrected chi connectivity index (χ2v) is 4.20. The molecule has 0 atom stereocenters. The van der Waals surface area contributed by atoms with E-state index in [1.165, 1.54) is 4.88 Å². The van der Waals surface area contributed by atoms with E-state index in [-0.39, 0.29) is 0 Å². The van der Waals surface area contributed by atoms with Crippen molar-refractivity contribution >= 4 is 28.8 Å². The van der Waals surface area contributed by atoms with Gasteiger partial charge in [0.25, 0.3) is 0 Å². The monoisotopic (exact) mass is 224 g/mol. The Morgan fingerprint density at radius 3 is 2.93 bits per heavy atom. The van der Waals surface area contributed by atoms with Gasteiger partial charge < -0.3 is 5.32 Å². The van der Waals surface area contributed by atoms with Gasteiger partial charge in [0.1, 0.15) is 11.0 Å². The summed E-state index contributed by atoms with van der Waals surface area (Å²) in [5.74, 6) is 0.811. The number of thiophene rings is 1. The van der Waals surface area contributed by atoms with Gasteiger partial charge in [-0.2, -0.15) is 0 Å². The second kappa shape index (κ2) is 4.44. The van der Waals surface area contributed by atoms with Crippen molar-refractivity contribution in [2.24, 2.45) is 0 Å². The smallest absolute Gasteiger partial charge is 0.131 e. The van der Waals surface area contributed by atoms with Gasteiger partial charge >= 0.3 is 0 Å². The number of rotatable bonds is 3. The van der Waals surface area contributed by atoms with Crippen molar-refractivity contribution in [3.8, 4) is 0 Å². The van der Waals surface area contributed by atoms with E-state index < -0.39 is 0 Å². The van der Waals surface area contributed by atoms with Crippen LogP contribution in [0.5, 0.6) is 0 Å². The molecule has 2 aromatic rings. The molecule has 0 aliphatic rings. The van der Waals surface area contributed by atoms with Crippen molar-refractivity contribution in [2.45, 2.75) is 6.54 Å². The SMILES string of the molecule is Clc1cccc(NCc2cccs2)n1. The highest BCUT2D eigenvalue weighted by Crippen LogP contribution is 2.13. The van der Waals surface area contributed by atoms with E-state index in [4.69, 9.17) is 11.6 Å². The number of aromatic nitrogens is 1. The van der Waals surface area contributed by atoms with Crippen LogP contribution in [0.2, 0.25) is 5.15 Å². The highest BCUT2D eigenvalue weighted by Gasteiger charge is 1.96. The summed E-state index contributed by atoms with van der Waals surface area (Å²) in [5.41, 5.74) is 0. The van der Waals surface area contributed by atoms with Gasteiger partial charge in [0, 0.05) is 4.88 Å². The maximum absolute atomic E-state index is 5.76. The predicted octanol–water partition coefficient (Wildman–Crippen LogP) is 3.41. The lowest BCUT2D eigenvalue weighted by atomic mass is 10.4. The Balaban J connectivity index is 1.98. The fraction of sp³-hybridized carbons (Fsp3) is 0.100.